The Balaban J connectivity index is 1.35. The number of fused-ring (bicyclic) bond motifs is 2. The Bertz CT molecular complexity index is 1750. The Kier molecular flexibility index (Phi) is 4.96. The molecule has 0 N–H and O–H groups in total. The lowest BCUT2D eigenvalue weighted by atomic mass is 9.99. The predicted octanol–water partition coefficient (Wildman–Crippen LogP) is 7.44. The molecule has 0 amide bonds. The summed E-state index contributed by atoms with van der Waals surface area (Å²) in [6, 6.07) is 32.5. The minimum atomic E-state index is -0.254. The van der Waals surface area contributed by atoms with E-state index in [1.807, 2.05) is 60.7 Å². The normalized spacial score (nSPS) is 13.6. The summed E-state index contributed by atoms with van der Waals surface area (Å²) in [4.78, 5) is 13.1. The van der Waals surface area contributed by atoms with Crippen LogP contribution in [0.4, 0.5) is 0 Å². The van der Waals surface area contributed by atoms with Crippen molar-refractivity contribution in [2.75, 3.05) is 0 Å². The molecular formula is C31H16N2O3. The summed E-state index contributed by atoms with van der Waals surface area (Å²) in [5, 5.41) is 19.0. The first-order valence-corrected chi connectivity index (χ1v) is 11.3. The van der Waals surface area contributed by atoms with Gasteiger partial charge in [-0.05, 0) is 22.8 Å². The number of allylic oxidation sites excluding steroid dienone is 3. The molecule has 0 saturated carbocycles. The summed E-state index contributed by atoms with van der Waals surface area (Å²) in [5.74, 6) is 0.818. The minimum Gasteiger partial charge on any atom is -0.453 e. The molecule has 5 heteroatoms. The second kappa shape index (κ2) is 8.43. The maximum Gasteiger partial charge on any atom is 0.194 e. The van der Waals surface area contributed by atoms with Crippen molar-refractivity contribution in [2.24, 2.45) is 0 Å². The number of ketones is 1. The minimum absolute atomic E-state index is 0.115. The lowest BCUT2D eigenvalue weighted by Crippen LogP contribution is -1.95. The number of benzene rings is 3. The van der Waals surface area contributed by atoms with E-state index in [0.717, 1.165) is 16.7 Å². The van der Waals surface area contributed by atoms with Crippen LogP contribution in [0.1, 0.15) is 21.7 Å². The molecule has 0 spiro atoms. The molecule has 1 aliphatic rings. The van der Waals surface area contributed by atoms with Crippen LogP contribution in [0, 0.1) is 22.7 Å². The summed E-state index contributed by atoms with van der Waals surface area (Å²) < 4.78 is 12.0. The molecule has 0 bridgehead atoms. The summed E-state index contributed by atoms with van der Waals surface area (Å²) in [5.41, 5.74) is 5.75. The van der Waals surface area contributed by atoms with Crippen molar-refractivity contribution in [1.29, 1.82) is 10.5 Å². The molecule has 6 rings (SSSR count). The van der Waals surface area contributed by atoms with Gasteiger partial charge in [0.1, 0.15) is 29.2 Å². The smallest absolute Gasteiger partial charge is 0.194 e. The zero-order valence-electron chi connectivity index (χ0n) is 18.9. The van der Waals surface area contributed by atoms with Crippen molar-refractivity contribution in [3.63, 3.8) is 0 Å². The summed E-state index contributed by atoms with van der Waals surface area (Å²) in [7, 11) is 0. The number of rotatable bonds is 3. The second-order valence-electron chi connectivity index (χ2n) is 8.34. The number of nitrogens with zero attached hydrogens (tertiary/aromatic N) is 2. The Morgan fingerprint density at radius 3 is 2.00 bits per heavy atom. The largest absolute Gasteiger partial charge is 0.453 e. The quantitative estimate of drug-likeness (QED) is 0.204. The molecule has 5 nitrogen and oxygen atoms in total. The first-order chi connectivity index (χ1) is 17.7. The zero-order valence-corrected chi connectivity index (χ0v) is 18.9. The van der Waals surface area contributed by atoms with E-state index < -0.39 is 0 Å². The predicted molar refractivity (Wildman–Crippen MR) is 136 cm³/mol. The maximum atomic E-state index is 13.1. The van der Waals surface area contributed by atoms with E-state index in [0.29, 0.717) is 39.4 Å². The van der Waals surface area contributed by atoms with E-state index in [1.54, 1.807) is 36.4 Å². The van der Waals surface area contributed by atoms with Crippen molar-refractivity contribution in [1.82, 2.24) is 0 Å². The van der Waals surface area contributed by atoms with Crippen LogP contribution >= 0.6 is 0 Å². The van der Waals surface area contributed by atoms with E-state index >= 15 is 0 Å². The third-order valence-corrected chi connectivity index (χ3v) is 6.22. The second-order valence-corrected chi connectivity index (χ2v) is 8.34. The average Bonchev–Trinajstić information content (AvgIpc) is 3.57. The number of hydrogen-bond acceptors (Lipinski definition) is 5. The molecule has 1 aliphatic carbocycles. The maximum absolute atomic E-state index is 13.1. The average molecular weight is 464 g/mol. The fourth-order valence-corrected chi connectivity index (χ4v) is 4.51. The van der Waals surface area contributed by atoms with Gasteiger partial charge in [0.05, 0.1) is 0 Å². The van der Waals surface area contributed by atoms with Crippen LogP contribution in [0.5, 0.6) is 0 Å². The molecule has 5 aromatic rings. The Morgan fingerprint density at radius 2 is 1.31 bits per heavy atom. The van der Waals surface area contributed by atoms with Gasteiger partial charge < -0.3 is 8.83 Å². The van der Waals surface area contributed by atoms with Crippen molar-refractivity contribution in [3.05, 3.63) is 119 Å². The number of nitriles is 2. The van der Waals surface area contributed by atoms with E-state index in [-0.39, 0.29) is 16.9 Å². The van der Waals surface area contributed by atoms with Crippen LogP contribution < -0.4 is 0 Å². The van der Waals surface area contributed by atoms with Gasteiger partial charge in [-0.1, -0.05) is 78.9 Å². The van der Waals surface area contributed by atoms with Crippen molar-refractivity contribution < 1.29 is 13.6 Å². The van der Waals surface area contributed by atoms with Crippen molar-refractivity contribution >= 4 is 28.6 Å². The zero-order chi connectivity index (χ0) is 24.6. The van der Waals surface area contributed by atoms with Crippen molar-refractivity contribution in [3.8, 4) is 34.6 Å². The number of Topliss-reactive ketones (excluding diaryl/α,β-unsaturated/α-hetero) is 1. The van der Waals surface area contributed by atoms with Gasteiger partial charge in [0, 0.05) is 34.4 Å². The van der Waals surface area contributed by atoms with Crippen LogP contribution in [-0.4, -0.2) is 5.78 Å². The molecule has 0 fully saturated rings. The van der Waals surface area contributed by atoms with Crippen LogP contribution in [-0.2, 0) is 0 Å². The van der Waals surface area contributed by atoms with Crippen LogP contribution in [0.2, 0.25) is 0 Å². The molecule has 2 aromatic heterocycles. The molecule has 0 atom stereocenters. The molecule has 168 valence electrons. The molecular weight excluding hydrogens is 448 g/mol. The fraction of sp³-hybridized carbons (Fsp3) is 0. The highest BCUT2D eigenvalue weighted by atomic mass is 16.4. The SMILES string of the molecule is N#CC(C#N)=C1/C(=C/c2cc3oc(-c4ccc(-c5ccccc5)cc4)cc3o2)C(=O)c2ccccc21. The molecule has 3 aromatic carbocycles. The number of hydrogen-bond donors (Lipinski definition) is 0. The highest BCUT2D eigenvalue weighted by Gasteiger charge is 2.32. The van der Waals surface area contributed by atoms with Crippen LogP contribution in [0.25, 0.3) is 45.3 Å². The van der Waals surface area contributed by atoms with Crippen LogP contribution in [0.3, 0.4) is 0 Å². The molecule has 0 radical (unpaired) electrons. The number of carbonyl (C=O) groups excluding carboxylic acids is 1. The van der Waals surface area contributed by atoms with Gasteiger partial charge in [-0.15, -0.1) is 0 Å². The molecule has 0 saturated heterocycles. The Labute approximate surface area is 206 Å². The van der Waals surface area contributed by atoms with E-state index in [1.165, 1.54) is 0 Å². The summed E-state index contributed by atoms with van der Waals surface area (Å²) in [6.07, 6.45) is 1.57. The van der Waals surface area contributed by atoms with Gasteiger partial charge in [-0.2, -0.15) is 10.5 Å². The standard InChI is InChI=1S/C31H16N2O3/c32-17-22(18-33)30-24-8-4-5-9-25(24)31(34)26(30)14-23-15-28-29(35-23)16-27(36-28)21-12-10-20(11-13-21)19-6-2-1-3-7-19/h1-16H/b26-14-. The number of furan rings is 2. The molecule has 36 heavy (non-hydrogen) atoms. The lowest BCUT2D eigenvalue weighted by molar-refractivity contribution is 0.104. The molecule has 2 heterocycles. The molecule has 0 aliphatic heterocycles. The highest BCUT2D eigenvalue weighted by molar-refractivity contribution is 6.29. The first-order valence-electron chi connectivity index (χ1n) is 11.3. The Hall–Kier alpha value is -5.39. The van der Waals surface area contributed by atoms with Gasteiger partial charge >= 0.3 is 0 Å². The van der Waals surface area contributed by atoms with Crippen LogP contribution in [0.15, 0.2) is 111 Å². The number of carbonyl (C=O) groups is 1. The first kappa shape index (κ1) is 21.2. The topological polar surface area (TPSA) is 90.9 Å². The molecule has 0 unspecified atom stereocenters. The third-order valence-electron chi connectivity index (χ3n) is 6.22. The third kappa shape index (κ3) is 3.44. The Morgan fingerprint density at radius 1 is 0.694 bits per heavy atom. The monoisotopic (exact) mass is 464 g/mol. The fourth-order valence-electron chi connectivity index (χ4n) is 4.51. The van der Waals surface area contributed by atoms with E-state index in [9.17, 15) is 15.3 Å². The van der Waals surface area contributed by atoms with E-state index in [2.05, 4.69) is 12.1 Å². The lowest BCUT2D eigenvalue weighted by Gasteiger charge is -2.02. The van der Waals surface area contributed by atoms with Crippen molar-refractivity contribution in [2.45, 2.75) is 0 Å². The van der Waals surface area contributed by atoms with E-state index in [4.69, 9.17) is 8.83 Å². The van der Waals surface area contributed by atoms with Gasteiger partial charge in [0.2, 0.25) is 0 Å². The highest BCUT2D eigenvalue weighted by Crippen LogP contribution is 2.40. The van der Waals surface area contributed by atoms with Gasteiger partial charge in [-0.3, -0.25) is 4.79 Å². The van der Waals surface area contributed by atoms with Gasteiger partial charge in [0.15, 0.2) is 16.9 Å². The van der Waals surface area contributed by atoms with Gasteiger partial charge in [-0.25, -0.2) is 0 Å². The summed E-state index contributed by atoms with van der Waals surface area (Å²) >= 11 is 0. The summed E-state index contributed by atoms with van der Waals surface area (Å²) in [6.45, 7) is 0. The van der Waals surface area contributed by atoms with Gasteiger partial charge in [0.25, 0.3) is 0 Å².